The van der Waals surface area contributed by atoms with Crippen LogP contribution in [0.4, 0.5) is 11.4 Å². The molecule has 0 bridgehead atoms. The van der Waals surface area contributed by atoms with Gasteiger partial charge in [0.1, 0.15) is 11.7 Å². The maximum absolute atomic E-state index is 12.7. The maximum Gasteiger partial charge on any atom is 0.326 e. The van der Waals surface area contributed by atoms with Gasteiger partial charge < -0.3 is 25.2 Å². The van der Waals surface area contributed by atoms with Crippen molar-refractivity contribution in [1.29, 1.82) is 0 Å². The number of phenols is 1. The Bertz CT molecular complexity index is 975. The van der Waals surface area contributed by atoms with E-state index in [1.54, 1.807) is 6.92 Å². The predicted molar refractivity (Wildman–Crippen MR) is 95.6 cm³/mol. The topological polar surface area (TPSA) is 133 Å². The Balaban J connectivity index is 1.90. The van der Waals surface area contributed by atoms with E-state index >= 15 is 0 Å². The molecule has 9 heteroatoms. The standard InChI is InChI=1S/C18H18N2O7/c1-2-27-16-12(14(22)15(16)23)19-10-6-3-5-9(13(10)21)17(24)20-8-4-7-11(20)18(25)26/h3,5-6,11,19,21H,2,4,7-8H2,1H3,(H,25,26). The van der Waals surface area contributed by atoms with Crippen molar-refractivity contribution in [2.45, 2.75) is 25.8 Å². The summed E-state index contributed by atoms with van der Waals surface area (Å²) in [6.07, 6.45) is 0.906. The summed E-state index contributed by atoms with van der Waals surface area (Å²) in [7, 11) is 0. The maximum atomic E-state index is 12.7. The molecule has 1 unspecified atom stereocenters. The number of hydrogen-bond acceptors (Lipinski definition) is 7. The van der Waals surface area contributed by atoms with E-state index in [1.165, 1.54) is 23.1 Å². The van der Waals surface area contributed by atoms with E-state index in [0.29, 0.717) is 12.8 Å². The average molecular weight is 374 g/mol. The fourth-order valence-corrected chi connectivity index (χ4v) is 3.14. The fourth-order valence-electron chi connectivity index (χ4n) is 3.14. The van der Waals surface area contributed by atoms with Crippen molar-refractivity contribution in [2.75, 3.05) is 18.5 Å². The third kappa shape index (κ3) is 3.12. The van der Waals surface area contributed by atoms with Gasteiger partial charge in [-0.05, 0) is 31.9 Å². The van der Waals surface area contributed by atoms with Crippen LogP contribution in [0.25, 0.3) is 0 Å². The minimum atomic E-state index is -1.10. The number of likely N-dealkylation sites (tertiary alicyclic amines) is 1. The molecule has 0 aliphatic carbocycles. The van der Waals surface area contributed by atoms with Gasteiger partial charge in [0.05, 0.1) is 17.9 Å². The lowest BCUT2D eigenvalue weighted by atomic mass is 10.1. The lowest BCUT2D eigenvalue weighted by Gasteiger charge is -2.22. The summed E-state index contributed by atoms with van der Waals surface area (Å²) in [5, 5.41) is 22.3. The molecule has 3 rings (SSSR count). The number of carboxylic acid groups (broad SMARTS) is 1. The van der Waals surface area contributed by atoms with E-state index in [2.05, 4.69) is 5.32 Å². The summed E-state index contributed by atoms with van der Waals surface area (Å²) < 4.78 is 5.11. The molecular weight excluding hydrogens is 356 g/mol. The molecule has 1 heterocycles. The summed E-state index contributed by atoms with van der Waals surface area (Å²) >= 11 is 0. The highest BCUT2D eigenvalue weighted by Crippen LogP contribution is 2.33. The first-order valence-corrected chi connectivity index (χ1v) is 8.45. The number of aromatic hydroxyl groups is 1. The number of hydrogen-bond donors (Lipinski definition) is 3. The highest BCUT2D eigenvalue weighted by atomic mass is 16.5. The molecule has 0 radical (unpaired) electrons. The van der Waals surface area contributed by atoms with Gasteiger partial charge in [-0.15, -0.1) is 0 Å². The van der Waals surface area contributed by atoms with E-state index in [9.17, 15) is 29.4 Å². The monoisotopic (exact) mass is 374 g/mol. The van der Waals surface area contributed by atoms with E-state index in [-0.39, 0.29) is 35.8 Å². The molecule has 1 amide bonds. The number of aliphatic carboxylic acids is 1. The molecule has 1 aliphatic rings. The minimum Gasteiger partial charge on any atom is -0.505 e. The van der Waals surface area contributed by atoms with Gasteiger partial charge in [0, 0.05) is 6.54 Å². The fraction of sp³-hybridized carbons (Fsp3) is 0.333. The van der Waals surface area contributed by atoms with Crippen molar-refractivity contribution < 1.29 is 24.5 Å². The minimum absolute atomic E-state index is 0.0416. The number of nitrogens with one attached hydrogen (secondary N) is 1. The Kier molecular flexibility index (Phi) is 4.85. The van der Waals surface area contributed by atoms with Crippen LogP contribution in [-0.4, -0.2) is 46.2 Å². The number of phenolic OH excluding ortho intramolecular Hbond substituents is 1. The molecule has 2 aromatic rings. The van der Waals surface area contributed by atoms with Gasteiger partial charge in [-0.25, -0.2) is 4.79 Å². The number of carboxylic acids is 1. The van der Waals surface area contributed by atoms with Gasteiger partial charge in [0.25, 0.3) is 16.8 Å². The van der Waals surface area contributed by atoms with E-state index in [1.807, 2.05) is 0 Å². The van der Waals surface area contributed by atoms with Crippen LogP contribution in [0.15, 0.2) is 27.8 Å². The predicted octanol–water partition coefficient (Wildman–Crippen LogP) is 0.820. The van der Waals surface area contributed by atoms with Crippen LogP contribution < -0.4 is 20.9 Å². The zero-order valence-corrected chi connectivity index (χ0v) is 14.5. The second kappa shape index (κ2) is 7.10. The van der Waals surface area contributed by atoms with Crippen molar-refractivity contribution in [3.8, 4) is 11.5 Å². The molecule has 0 spiro atoms. The van der Waals surface area contributed by atoms with Crippen LogP contribution in [0, 0.1) is 0 Å². The Morgan fingerprint density at radius 2 is 2.04 bits per heavy atom. The first kappa shape index (κ1) is 18.4. The largest absolute Gasteiger partial charge is 0.505 e. The Morgan fingerprint density at radius 3 is 2.70 bits per heavy atom. The SMILES string of the molecule is CCOc1c(Nc2cccc(C(=O)N3CCCC3C(=O)O)c2O)c(=O)c1=O. The van der Waals surface area contributed by atoms with Crippen molar-refractivity contribution >= 4 is 23.3 Å². The van der Waals surface area contributed by atoms with Crippen LogP contribution in [0.5, 0.6) is 11.5 Å². The molecule has 1 aliphatic heterocycles. The van der Waals surface area contributed by atoms with Crippen molar-refractivity contribution in [2.24, 2.45) is 0 Å². The Morgan fingerprint density at radius 1 is 1.30 bits per heavy atom. The highest BCUT2D eigenvalue weighted by Gasteiger charge is 2.35. The number of benzene rings is 1. The molecule has 3 N–H and O–H groups in total. The van der Waals surface area contributed by atoms with E-state index < -0.39 is 34.5 Å². The van der Waals surface area contributed by atoms with Crippen LogP contribution in [-0.2, 0) is 4.79 Å². The molecule has 27 heavy (non-hydrogen) atoms. The number of para-hydroxylation sites is 1. The van der Waals surface area contributed by atoms with Crippen molar-refractivity contribution in [3.05, 3.63) is 44.2 Å². The molecule has 2 aromatic carbocycles. The molecular formula is C18H18N2O7. The summed E-state index contributed by atoms with van der Waals surface area (Å²) in [5.41, 5.74) is -1.68. The smallest absolute Gasteiger partial charge is 0.326 e. The molecule has 0 aromatic heterocycles. The zero-order valence-electron chi connectivity index (χ0n) is 14.5. The van der Waals surface area contributed by atoms with E-state index in [4.69, 9.17) is 4.74 Å². The van der Waals surface area contributed by atoms with Gasteiger partial charge in [-0.2, -0.15) is 0 Å². The molecule has 1 atom stereocenters. The normalized spacial score (nSPS) is 16.5. The van der Waals surface area contributed by atoms with Crippen LogP contribution in [0.3, 0.4) is 0 Å². The van der Waals surface area contributed by atoms with Gasteiger partial charge >= 0.3 is 5.97 Å². The quantitative estimate of drug-likeness (QED) is 0.500. The molecule has 142 valence electrons. The van der Waals surface area contributed by atoms with Crippen LogP contribution >= 0.6 is 0 Å². The zero-order chi connectivity index (χ0) is 19.7. The van der Waals surface area contributed by atoms with Crippen LogP contribution in [0.2, 0.25) is 0 Å². The third-order valence-corrected chi connectivity index (χ3v) is 4.48. The van der Waals surface area contributed by atoms with Crippen molar-refractivity contribution in [3.63, 3.8) is 0 Å². The number of anilines is 2. The van der Waals surface area contributed by atoms with Gasteiger partial charge in [0.15, 0.2) is 11.5 Å². The molecule has 0 saturated carbocycles. The van der Waals surface area contributed by atoms with Crippen molar-refractivity contribution in [1.82, 2.24) is 4.90 Å². The first-order valence-electron chi connectivity index (χ1n) is 8.45. The van der Waals surface area contributed by atoms with Crippen LogP contribution in [0.1, 0.15) is 30.1 Å². The first-order chi connectivity index (χ1) is 12.9. The average Bonchev–Trinajstić information content (AvgIpc) is 3.15. The molecule has 9 nitrogen and oxygen atoms in total. The van der Waals surface area contributed by atoms with Gasteiger partial charge in [-0.3, -0.25) is 14.4 Å². The molecule has 1 saturated heterocycles. The van der Waals surface area contributed by atoms with Gasteiger partial charge in [-0.1, -0.05) is 6.07 Å². The molecule has 1 fully saturated rings. The number of rotatable bonds is 6. The summed E-state index contributed by atoms with van der Waals surface area (Å²) in [5.74, 6) is -2.27. The number of nitrogens with zero attached hydrogens (tertiary/aromatic N) is 1. The summed E-state index contributed by atoms with van der Waals surface area (Å²) in [4.78, 5) is 48.5. The Hall–Kier alpha value is -3.36. The second-order valence-electron chi connectivity index (χ2n) is 6.12. The summed E-state index contributed by atoms with van der Waals surface area (Å²) in [6, 6.07) is 3.34. The lowest BCUT2D eigenvalue weighted by molar-refractivity contribution is -0.141. The van der Waals surface area contributed by atoms with E-state index in [0.717, 1.165) is 0 Å². The highest BCUT2D eigenvalue weighted by molar-refractivity contribution is 6.01. The number of amides is 1. The number of carbonyl (C=O) groups excluding carboxylic acids is 1. The summed E-state index contributed by atoms with van der Waals surface area (Å²) in [6.45, 7) is 2.13. The third-order valence-electron chi connectivity index (χ3n) is 4.48. The second-order valence-corrected chi connectivity index (χ2v) is 6.12. The number of carbonyl (C=O) groups is 2. The van der Waals surface area contributed by atoms with Gasteiger partial charge in [0.2, 0.25) is 0 Å². The Labute approximate surface area is 153 Å². The number of ether oxygens (including phenoxy) is 1. The lowest BCUT2D eigenvalue weighted by Crippen LogP contribution is -2.40.